The van der Waals surface area contributed by atoms with Gasteiger partial charge in [-0.15, -0.1) is 11.3 Å². The van der Waals surface area contributed by atoms with E-state index in [1.165, 1.54) is 10.3 Å². The molecule has 2 aromatic rings. The Morgan fingerprint density at radius 3 is 2.93 bits per heavy atom. The zero-order valence-corrected chi connectivity index (χ0v) is 10.3. The largest absolute Gasteiger partial charge is 0.325 e. The van der Waals surface area contributed by atoms with Gasteiger partial charge < -0.3 is 5.73 Å². The second-order valence-corrected chi connectivity index (χ2v) is 5.11. The lowest BCUT2D eigenvalue weighted by molar-refractivity contribution is 1.04. The molecule has 1 aromatic heterocycles. The Kier molecular flexibility index (Phi) is 2.85. The van der Waals surface area contributed by atoms with Crippen molar-refractivity contribution in [1.82, 2.24) is 4.98 Å². The summed E-state index contributed by atoms with van der Waals surface area (Å²) in [7, 11) is 0. The minimum absolute atomic E-state index is 0.528. The van der Waals surface area contributed by atoms with Gasteiger partial charge in [0.05, 0.1) is 10.2 Å². The molecule has 1 aromatic carbocycles. The van der Waals surface area contributed by atoms with Gasteiger partial charge in [-0.05, 0) is 24.1 Å². The van der Waals surface area contributed by atoms with Crippen LogP contribution in [0.25, 0.3) is 10.2 Å². The lowest BCUT2D eigenvalue weighted by Gasteiger charge is -1.98. The van der Waals surface area contributed by atoms with Crippen LogP contribution in [-0.4, -0.2) is 4.98 Å². The number of aryl methyl sites for hydroxylation is 1. The van der Waals surface area contributed by atoms with Crippen molar-refractivity contribution in [1.29, 1.82) is 0 Å². The van der Waals surface area contributed by atoms with E-state index < -0.39 is 0 Å². The van der Waals surface area contributed by atoms with E-state index in [4.69, 9.17) is 5.73 Å². The molecule has 0 amide bonds. The molecule has 14 heavy (non-hydrogen) atoms. The second kappa shape index (κ2) is 3.96. The fraction of sp³-hybridized carbons (Fsp3) is 0.300. The van der Waals surface area contributed by atoms with Crippen molar-refractivity contribution in [3.63, 3.8) is 0 Å². The number of thiazole rings is 1. The van der Waals surface area contributed by atoms with Crippen molar-refractivity contribution >= 4 is 37.5 Å². The Labute approximate surface area is 95.3 Å². The molecule has 0 aliphatic rings. The molecule has 0 aliphatic heterocycles. The van der Waals surface area contributed by atoms with Gasteiger partial charge in [-0.1, -0.05) is 22.9 Å². The van der Waals surface area contributed by atoms with E-state index in [1.54, 1.807) is 11.3 Å². The molecule has 2 nitrogen and oxygen atoms in total. The summed E-state index contributed by atoms with van der Waals surface area (Å²) in [6.45, 7) is 2.67. The van der Waals surface area contributed by atoms with Crippen LogP contribution in [0.4, 0.5) is 0 Å². The van der Waals surface area contributed by atoms with Crippen molar-refractivity contribution < 1.29 is 0 Å². The molecule has 0 saturated heterocycles. The third kappa shape index (κ3) is 1.69. The van der Waals surface area contributed by atoms with E-state index >= 15 is 0 Å². The first-order valence-electron chi connectivity index (χ1n) is 4.52. The third-order valence-corrected chi connectivity index (χ3v) is 3.62. The highest BCUT2D eigenvalue weighted by molar-refractivity contribution is 9.10. The summed E-state index contributed by atoms with van der Waals surface area (Å²) < 4.78 is 2.34. The van der Waals surface area contributed by atoms with Crippen LogP contribution in [0.2, 0.25) is 0 Å². The van der Waals surface area contributed by atoms with Crippen LogP contribution in [0.3, 0.4) is 0 Å². The van der Waals surface area contributed by atoms with E-state index in [0.717, 1.165) is 21.4 Å². The van der Waals surface area contributed by atoms with Crippen LogP contribution in [0.5, 0.6) is 0 Å². The normalized spacial score (nSPS) is 11.1. The molecule has 0 spiro atoms. The summed E-state index contributed by atoms with van der Waals surface area (Å²) in [6, 6.07) is 4.23. The lowest BCUT2D eigenvalue weighted by atomic mass is 10.1. The van der Waals surface area contributed by atoms with Crippen molar-refractivity contribution in [2.45, 2.75) is 19.9 Å². The van der Waals surface area contributed by atoms with Crippen LogP contribution < -0.4 is 5.73 Å². The maximum Gasteiger partial charge on any atom is 0.107 e. The molecule has 74 valence electrons. The summed E-state index contributed by atoms with van der Waals surface area (Å²) >= 11 is 5.18. The molecule has 0 aliphatic carbocycles. The maximum atomic E-state index is 5.58. The van der Waals surface area contributed by atoms with Crippen LogP contribution >= 0.6 is 27.3 Å². The van der Waals surface area contributed by atoms with Crippen LogP contribution in [0.15, 0.2) is 16.6 Å². The molecular formula is C10H11BrN2S. The maximum absolute atomic E-state index is 5.58. The number of nitrogens with two attached hydrogens (primary N) is 1. The Hall–Kier alpha value is -0.450. The van der Waals surface area contributed by atoms with Crippen LogP contribution in [-0.2, 0) is 13.0 Å². The van der Waals surface area contributed by atoms with Gasteiger partial charge in [0.2, 0.25) is 0 Å². The first kappa shape index (κ1) is 10.1. The average molecular weight is 271 g/mol. The molecule has 0 fully saturated rings. The Bertz CT molecular complexity index is 464. The number of hydrogen-bond acceptors (Lipinski definition) is 3. The molecule has 0 unspecified atom stereocenters. The Balaban J connectivity index is 2.71. The van der Waals surface area contributed by atoms with Crippen LogP contribution in [0.1, 0.15) is 17.5 Å². The van der Waals surface area contributed by atoms with E-state index in [2.05, 4.69) is 40.0 Å². The first-order valence-corrected chi connectivity index (χ1v) is 6.13. The van der Waals surface area contributed by atoms with Crippen molar-refractivity contribution in [3.8, 4) is 0 Å². The number of fused-ring (bicyclic) bond motifs is 1. The van der Waals surface area contributed by atoms with E-state index in [1.807, 2.05) is 0 Å². The Morgan fingerprint density at radius 1 is 1.50 bits per heavy atom. The van der Waals surface area contributed by atoms with Crippen LogP contribution in [0, 0.1) is 0 Å². The van der Waals surface area contributed by atoms with Gasteiger partial charge in [-0.2, -0.15) is 0 Å². The molecule has 0 saturated carbocycles. The van der Waals surface area contributed by atoms with E-state index in [-0.39, 0.29) is 0 Å². The van der Waals surface area contributed by atoms with Gasteiger partial charge in [0.15, 0.2) is 0 Å². The highest BCUT2D eigenvalue weighted by Gasteiger charge is 2.07. The number of aromatic nitrogens is 1. The fourth-order valence-corrected chi connectivity index (χ4v) is 3.05. The SMILES string of the molecule is CCc1cc(Br)cc2sc(CN)nc12. The smallest absolute Gasteiger partial charge is 0.107 e. The topological polar surface area (TPSA) is 38.9 Å². The summed E-state index contributed by atoms with van der Waals surface area (Å²) in [5, 5.41) is 1.01. The number of nitrogens with zero attached hydrogens (tertiary/aromatic N) is 1. The second-order valence-electron chi connectivity index (χ2n) is 3.08. The number of hydrogen-bond donors (Lipinski definition) is 1. The first-order chi connectivity index (χ1) is 6.74. The molecule has 2 N–H and O–H groups in total. The molecule has 2 rings (SSSR count). The third-order valence-electron chi connectivity index (χ3n) is 2.14. The predicted molar refractivity (Wildman–Crippen MR) is 64.6 cm³/mol. The van der Waals surface area contributed by atoms with E-state index in [0.29, 0.717) is 6.54 Å². The molecule has 4 heteroatoms. The monoisotopic (exact) mass is 270 g/mol. The van der Waals surface area contributed by atoms with Gasteiger partial charge in [-0.3, -0.25) is 0 Å². The van der Waals surface area contributed by atoms with Gasteiger partial charge in [-0.25, -0.2) is 4.98 Å². The summed E-state index contributed by atoms with van der Waals surface area (Å²) in [5.41, 5.74) is 7.97. The van der Waals surface area contributed by atoms with Crippen molar-refractivity contribution in [2.75, 3.05) is 0 Å². The highest BCUT2D eigenvalue weighted by Crippen LogP contribution is 2.29. The summed E-state index contributed by atoms with van der Waals surface area (Å²) in [6.07, 6.45) is 1.00. The number of rotatable bonds is 2. The Morgan fingerprint density at radius 2 is 2.29 bits per heavy atom. The molecular weight excluding hydrogens is 260 g/mol. The van der Waals surface area contributed by atoms with Gasteiger partial charge in [0.1, 0.15) is 5.01 Å². The van der Waals surface area contributed by atoms with Crippen molar-refractivity contribution in [3.05, 3.63) is 27.2 Å². The van der Waals surface area contributed by atoms with Gasteiger partial charge >= 0.3 is 0 Å². The molecule has 0 bridgehead atoms. The van der Waals surface area contributed by atoms with E-state index in [9.17, 15) is 0 Å². The predicted octanol–water partition coefficient (Wildman–Crippen LogP) is 3.08. The molecule has 0 radical (unpaired) electrons. The standard InChI is InChI=1S/C10H11BrN2S/c1-2-6-3-7(11)4-8-10(6)13-9(5-12)14-8/h3-4H,2,5,12H2,1H3. The number of halogens is 1. The molecule has 1 heterocycles. The zero-order valence-electron chi connectivity index (χ0n) is 7.88. The van der Waals surface area contributed by atoms with Crippen molar-refractivity contribution in [2.24, 2.45) is 5.73 Å². The number of benzene rings is 1. The lowest BCUT2D eigenvalue weighted by Crippen LogP contribution is -1.94. The summed E-state index contributed by atoms with van der Waals surface area (Å²) in [5.74, 6) is 0. The minimum Gasteiger partial charge on any atom is -0.325 e. The highest BCUT2D eigenvalue weighted by atomic mass is 79.9. The molecule has 0 atom stereocenters. The minimum atomic E-state index is 0.528. The fourth-order valence-electron chi connectivity index (χ4n) is 1.46. The van der Waals surface area contributed by atoms with Gasteiger partial charge in [0.25, 0.3) is 0 Å². The quantitative estimate of drug-likeness (QED) is 0.911. The zero-order chi connectivity index (χ0) is 10.1. The summed E-state index contributed by atoms with van der Waals surface area (Å²) in [4.78, 5) is 4.52. The average Bonchev–Trinajstić information content (AvgIpc) is 2.59. The van der Waals surface area contributed by atoms with Gasteiger partial charge in [0, 0.05) is 11.0 Å².